The van der Waals surface area contributed by atoms with E-state index in [0.717, 1.165) is 43.2 Å². The van der Waals surface area contributed by atoms with Gasteiger partial charge in [0.15, 0.2) is 0 Å². The third-order valence-electron chi connectivity index (χ3n) is 3.95. The number of ether oxygens (including phenoxy) is 1. The van der Waals surface area contributed by atoms with Gasteiger partial charge in [0.2, 0.25) is 0 Å². The number of carbonyl (C=O) groups is 1. The van der Waals surface area contributed by atoms with Gasteiger partial charge in [0.1, 0.15) is 5.75 Å². The lowest BCUT2D eigenvalue weighted by Gasteiger charge is -2.20. The summed E-state index contributed by atoms with van der Waals surface area (Å²) in [7, 11) is 1.25. The zero-order valence-corrected chi connectivity index (χ0v) is 13.7. The van der Waals surface area contributed by atoms with Gasteiger partial charge in [-0.2, -0.15) is 13.2 Å². The minimum absolute atomic E-state index is 0.0896. The van der Waals surface area contributed by atoms with Crippen LogP contribution in [0.15, 0.2) is 17.0 Å². The molecule has 1 aliphatic carbocycles. The molecule has 1 amide bonds. The van der Waals surface area contributed by atoms with Crippen LogP contribution in [-0.4, -0.2) is 31.4 Å². The Morgan fingerprint density at radius 2 is 2.09 bits per heavy atom. The van der Waals surface area contributed by atoms with Crippen LogP contribution in [0.3, 0.4) is 0 Å². The highest BCUT2D eigenvalue weighted by atomic mass is 32.2. The number of halogens is 3. The van der Waals surface area contributed by atoms with Crippen LogP contribution >= 0.6 is 11.8 Å². The monoisotopic (exact) mass is 348 g/mol. The SMILES string of the molecule is COc1cc(C(F)(F)F)cc(SC)c1C(=O)N[C@@H]1CCC[C@@H]1N. The topological polar surface area (TPSA) is 64.3 Å². The fourth-order valence-electron chi connectivity index (χ4n) is 2.71. The Morgan fingerprint density at radius 1 is 1.39 bits per heavy atom. The van der Waals surface area contributed by atoms with Gasteiger partial charge in [-0.05, 0) is 37.7 Å². The van der Waals surface area contributed by atoms with E-state index in [1.165, 1.54) is 7.11 Å². The molecular formula is C15H19F3N2O2S. The lowest BCUT2D eigenvalue weighted by atomic mass is 10.1. The molecule has 0 heterocycles. The maximum absolute atomic E-state index is 13.0. The predicted molar refractivity (Wildman–Crippen MR) is 82.9 cm³/mol. The molecule has 1 aliphatic rings. The number of nitrogens with two attached hydrogens (primary N) is 1. The molecule has 0 saturated heterocycles. The van der Waals surface area contributed by atoms with Crippen molar-refractivity contribution in [3.63, 3.8) is 0 Å². The molecule has 2 rings (SSSR count). The van der Waals surface area contributed by atoms with E-state index in [-0.39, 0.29) is 28.3 Å². The Kier molecular flexibility index (Phi) is 5.46. The van der Waals surface area contributed by atoms with E-state index in [1.807, 2.05) is 0 Å². The van der Waals surface area contributed by atoms with Crippen LogP contribution in [0.1, 0.15) is 35.2 Å². The second-order valence-electron chi connectivity index (χ2n) is 5.43. The van der Waals surface area contributed by atoms with Crippen molar-refractivity contribution in [2.45, 2.75) is 42.4 Å². The summed E-state index contributed by atoms with van der Waals surface area (Å²) >= 11 is 1.07. The van der Waals surface area contributed by atoms with E-state index in [1.54, 1.807) is 6.26 Å². The maximum atomic E-state index is 13.0. The van der Waals surface area contributed by atoms with E-state index < -0.39 is 17.6 Å². The minimum atomic E-state index is -4.50. The summed E-state index contributed by atoms with van der Waals surface area (Å²) in [4.78, 5) is 12.7. The van der Waals surface area contributed by atoms with Crippen LogP contribution in [0.25, 0.3) is 0 Å². The molecule has 0 spiro atoms. The first-order valence-corrected chi connectivity index (χ1v) is 8.40. The first kappa shape index (κ1) is 17.9. The van der Waals surface area contributed by atoms with Crippen molar-refractivity contribution in [2.24, 2.45) is 5.73 Å². The summed E-state index contributed by atoms with van der Waals surface area (Å²) in [6.07, 6.45) is -0.367. The van der Waals surface area contributed by atoms with Gasteiger partial charge in [-0.15, -0.1) is 11.8 Å². The Bertz CT molecular complexity index is 568. The molecule has 1 aromatic rings. The second-order valence-corrected chi connectivity index (χ2v) is 6.28. The van der Waals surface area contributed by atoms with Crippen LogP contribution in [0.4, 0.5) is 13.2 Å². The molecule has 0 aliphatic heterocycles. The summed E-state index contributed by atoms with van der Waals surface area (Å²) in [5, 5.41) is 2.81. The van der Waals surface area contributed by atoms with Crippen molar-refractivity contribution >= 4 is 17.7 Å². The molecule has 0 unspecified atom stereocenters. The van der Waals surface area contributed by atoms with E-state index in [0.29, 0.717) is 0 Å². The molecule has 3 N–H and O–H groups in total. The number of methoxy groups -OCH3 is 1. The molecular weight excluding hydrogens is 329 g/mol. The highest BCUT2D eigenvalue weighted by molar-refractivity contribution is 7.98. The summed E-state index contributed by atoms with van der Waals surface area (Å²) in [6.45, 7) is 0. The van der Waals surface area contributed by atoms with Gasteiger partial charge in [0.05, 0.1) is 18.2 Å². The van der Waals surface area contributed by atoms with Crippen molar-refractivity contribution in [2.75, 3.05) is 13.4 Å². The predicted octanol–water partition coefficient (Wildman–Crippen LogP) is 3.05. The molecule has 23 heavy (non-hydrogen) atoms. The lowest BCUT2D eigenvalue weighted by molar-refractivity contribution is -0.137. The minimum Gasteiger partial charge on any atom is -0.496 e. The van der Waals surface area contributed by atoms with Crippen LogP contribution < -0.4 is 15.8 Å². The molecule has 128 valence electrons. The van der Waals surface area contributed by atoms with Crippen molar-refractivity contribution < 1.29 is 22.7 Å². The molecule has 1 aromatic carbocycles. The third-order valence-corrected chi connectivity index (χ3v) is 4.71. The van der Waals surface area contributed by atoms with E-state index >= 15 is 0 Å². The number of hydrogen-bond acceptors (Lipinski definition) is 4. The number of benzene rings is 1. The number of thioether (sulfide) groups is 1. The van der Waals surface area contributed by atoms with Gasteiger partial charge in [-0.3, -0.25) is 4.79 Å². The van der Waals surface area contributed by atoms with Crippen LogP contribution in [-0.2, 0) is 6.18 Å². The Labute approximate surface area is 136 Å². The molecule has 1 saturated carbocycles. The maximum Gasteiger partial charge on any atom is 0.416 e. The number of amides is 1. The van der Waals surface area contributed by atoms with Gasteiger partial charge in [0.25, 0.3) is 5.91 Å². The quantitative estimate of drug-likeness (QED) is 0.821. The number of carbonyl (C=O) groups excluding carboxylic acids is 1. The highest BCUT2D eigenvalue weighted by Gasteiger charge is 2.34. The summed E-state index contributed by atoms with van der Waals surface area (Å²) in [5.41, 5.74) is 5.21. The first-order valence-electron chi connectivity index (χ1n) is 7.17. The van der Waals surface area contributed by atoms with Crippen molar-refractivity contribution in [3.8, 4) is 5.75 Å². The summed E-state index contributed by atoms with van der Waals surface area (Å²) < 4.78 is 43.9. The zero-order chi connectivity index (χ0) is 17.2. The molecule has 2 atom stereocenters. The fourth-order valence-corrected chi connectivity index (χ4v) is 3.35. The van der Waals surface area contributed by atoms with Crippen molar-refractivity contribution in [1.29, 1.82) is 0 Å². The summed E-state index contributed by atoms with van der Waals surface area (Å²) in [5.74, 6) is -0.546. The lowest BCUT2D eigenvalue weighted by Crippen LogP contribution is -2.44. The van der Waals surface area contributed by atoms with Crippen molar-refractivity contribution in [3.05, 3.63) is 23.3 Å². The van der Waals surface area contributed by atoms with Crippen LogP contribution in [0.2, 0.25) is 0 Å². The Hall–Kier alpha value is -1.41. The second kappa shape index (κ2) is 7.00. The first-order chi connectivity index (χ1) is 10.8. The summed E-state index contributed by atoms with van der Waals surface area (Å²) in [6, 6.07) is 1.53. The van der Waals surface area contributed by atoms with Crippen molar-refractivity contribution in [1.82, 2.24) is 5.32 Å². The molecule has 0 aromatic heterocycles. The third kappa shape index (κ3) is 3.92. The standard InChI is InChI=1S/C15H19F3N2O2S/c1-22-11-6-8(15(16,17)18)7-12(23-2)13(11)14(21)20-10-5-3-4-9(10)19/h6-7,9-10H,3-5,19H2,1-2H3,(H,20,21)/t9-,10+/m0/s1. The largest absolute Gasteiger partial charge is 0.496 e. The molecule has 8 heteroatoms. The van der Waals surface area contributed by atoms with Crippen LogP contribution in [0.5, 0.6) is 5.75 Å². The van der Waals surface area contributed by atoms with Gasteiger partial charge in [0, 0.05) is 17.0 Å². The van der Waals surface area contributed by atoms with Crippen LogP contribution in [0, 0.1) is 0 Å². The fraction of sp³-hybridized carbons (Fsp3) is 0.533. The number of nitrogens with one attached hydrogen (secondary N) is 1. The average Bonchev–Trinajstić information content (AvgIpc) is 2.89. The van der Waals surface area contributed by atoms with Gasteiger partial charge in [-0.1, -0.05) is 0 Å². The molecule has 1 fully saturated rings. The number of alkyl halides is 3. The van der Waals surface area contributed by atoms with Gasteiger partial charge in [-0.25, -0.2) is 0 Å². The molecule has 0 radical (unpaired) electrons. The molecule has 4 nitrogen and oxygen atoms in total. The highest BCUT2D eigenvalue weighted by Crippen LogP contribution is 2.38. The van der Waals surface area contributed by atoms with E-state index in [4.69, 9.17) is 10.5 Å². The molecule has 0 bridgehead atoms. The number of hydrogen-bond donors (Lipinski definition) is 2. The van der Waals surface area contributed by atoms with E-state index in [2.05, 4.69) is 5.32 Å². The smallest absolute Gasteiger partial charge is 0.416 e. The normalized spacial score (nSPS) is 21.3. The Balaban J connectivity index is 2.38. The van der Waals surface area contributed by atoms with Gasteiger partial charge >= 0.3 is 6.18 Å². The average molecular weight is 348 g/mol. The Morgan fingerprint density at radius 3 is 2.57 bits per heavy atom. The zero-order valence-electron chi connectivity index (χ0n) is 12.9. The van der Waals surface area contributed by atoms with E-state index in [9.17, 15) is 18.0 Å². The van der Waals surface area contributed by atoms with Gasteiger partial charge < -0.3 is 15.8 Å². The number of rotatable bonds is 4.